The zero-order chi connectivity index (χ0) is 12.8. The number of hydrogen-bond acceptors (Lipinski definition) is 4. The maximum atomic E-state index is 11.5. The van der Waals surface area contributed by atoms with Crippen LogP contribution in [0.5, 0.6) is 0 Å². The average Bonchev–Trinajstić information content (AvgIpc) is 2.15. The minimum Gasteiger partial charge on any atom is -0.450 e. The number of amides is 1. The fourth-order valence-corrected chi connectivity index (χ4v) is 1.75. The zero-order valence-electron chi connectivity index (χ0n) is 10.7. The molecule has 0 aliphatic rings. The van der Waals surface area contributed by atoms with Gasteiger partial charge in [-0.2, -0.15) is 0 Å². The van der Waals surface area contributed by atoms with Gasteiger partial charge in [0.05, 0.1) is 13.2 Å². The van der Waals surface area contributed by atoms with Gasteiger partial charge >= 0.3 is 6.09 Å². The average molecular weight is 248 g/mol. The van der Waals surface area contributed by atoms with Crippen LogP contribution >= 0.6 is 0 Å². The van der Waals surface area contributed by atoms with E-state index in [0.717, 1.165) is 6.04 Å². The number of ether oxygens (including phenoxy) is 1. The van der Waals surface area contributed by atoms with Crippen LogP contribution in [0.2, 0.25) is 25.7 Å². The lowest BCUT2D eigenvalue weighted by atomic mass is 10.3. The van der Waals surface area contributed by atoms with Gasteiger partial charge in [0.25, 0.3) is 0 Å². The van der Waals surface area contributed by atoms with Crippen LogP contribution in [-0.4, -0.2) is 57.0 Å². The molecule has 0 radical (unpaired) electrons. The van der Waals surface area contributed by atoms with Crippen molar-refractivity contribution in [1.29, 1.82) is 0 Å². The number of nitrogens with two attached hydrogens (primary N) is 1. The summed E-state index contributed by atoms with van der Waals surface area (Å²) in [5.74, 6) is 0. The summed E-state index contributed by atoms with van der Waals surface area (Å²) in [7, 11) is 0.459. The van der Waals surface area contributed by atoms with Gasteiger partial charge in [-0.3, -0.25) is 0 Å². The molecule has 0 heterocycles. The van der Waals surface area contributed by atoms with Gasteiger partial charge in [0, 0.05) is 27.7 Å². The Kier molecular flexibility index (Phi) is 6.62. The fraction of sp³-hybridized carbons (Fsp3) is 0.900. The van der Waals surface area contributed by atoms with E-state index in [1.165, 1.54) is 4.90 Å². The summed E-state index contributed by atoms with van der Waals surface area (Å²) in [6, 6.07) is 0.549. The first kappa shape index (κ1) is 15.4. The topological polar surface area (TPSA) is 75.8 Å². The number of aliphatic hydroxyl groups is 1. The summed E-state index contributed by atoms with van der Waals surface area (Å²) in [6.07, 6.45) is -0.373. The Morgan fingerprint density at radius 2 is 2.06 bits per heavy atom. The largest absolute Gasteiger partial charge is 0.450 e. The van der Waals surface area contributed by atoms with E-state index in [0.29, 0.717) is 13.2 Å². The summed E-state index contributed by atoms with van der Waals surface area (Å²) in [5, 5.41) is 8.75. The number of nitrogens with zero attached hydrogens (tertiary/aromatic N) is 1. The predicted molar refractivity (Wildman–Crippen MR) is 67.2 cm³/mol. The third kappa shape index (κ3) is 7.67. The SMILES string of the molecule is CN(CC(N)CO)C(=O)OCC[Si](C)(C)C. The second kappa shape index (κ2) is 6.88. The third-order valence-corrected chi connectivity index (χ3v) is 3.84. The summed E-state index contributed by atoms with van der Waals surface area (Å²) < 4.78 is 5.11. The molecule has 96 valence electrons. The zero-order valence-corrected chi connectivity index (χ0v) is 11.7. The van der Waals surface area contributed by atoms with Crippen LogP contribution in [0.15, 0.2) is 0 Å². The fourth-order valence-electron chi connectivity index (χ4n) is 1.04. The number of hydrogen-bond donors (Lipinski definition) is 2. The Balaban J connectivity index is 3.80. The monoisotopic (exact) mass is 248 g/mol. The highest BCUT2D eigenvalue weighted by Crippen LogP contribution is 2.08. The quantitative estimate of drug-likeness (QED) is 0.679. The molecule has 0 rings (SSSR count). The molecule has 0 fully saturated rings. The first-order chi connectivity index (χ1) is 7.26. The summed E-state index contributed by atoms with van der Waals surface area (Å²) in [4.78, 5) is 12.9. The minimum absolute atomic E-state index is 0.132. The highest BCUT2D eigenvalue weighted by molar-refractivity contribution is 6.76. The van der Waals surface area contributed by atoms with Crippen molar-refractivity contribution in [2.75, 3.05) is 26.8 Å². The number of rotatable bonds is 6. The Morgan fingerprint density at radius 3 is 2.50 bits per heavy atom. The smallest absolute Gasteiger partial charge is 0.409 e. The van der Waals surface area contributed by atoms with Crippen LogP contribution in [0.3, 0.4) is 0 Å². The summed E-state index contributed by atoms with van der Waals surface area (Å²) in [5.41, 5.74) is 5.52. The van der Waals surface area contributed by atoms with Crippen LogP contribution in [0.25, 0.3) is 0 Å². The first-order valence-corrected chi connectivity index (χ1v) is 9.21. The van der Waals surface area contributed by atoms with E-state index >= 15 is 0 Å². The summed E-state index contributed by atoms with van der Waals surface area (Å²) in [6.45, 7) is 7.33. The van der Waals surface area contributed by atoms with Crippen LogP contribution in [0, 0.1) is 0 Å². The van der Waals surface area contributed by atoms with Crippen molar-refractivity contribution in [1.82, 2.24) is 4.90 Å². The predicted octanol–water partition coefficient (Wildman–Crippen LogP) is 0.713. The molecule has 0 spiro atoms. The Hall–Kier alpha value is -0.593. The molecule has 0 saturated carbocycles. The first-order valence-electron chi connectivity index (χ1n) is 5.50. The van der Waals surface area contributed by atoms with Crippen molar-refractivity contribution >= 4 is 14.2 Å². The lowest BCUT2D eigenvalue weighted by Crippen LogP contribution is -2.41. The number of aliphatic hydroxyl groups excluding tert-OH is 1. The highest BCUT2D eigenvalue weighted by Gasteiger charge is 2.16. The molecule has 3 N–H and O–H groups in total. The van der Waals surface area contributed by atoms with E-state index in [-0.39, 0.29) is 12.7 Å². The van der Waals surface area contributed by atoms with E-state index in [2.05, 4.69) is 19.6 Å². The van der Waals surface area contributed by atoms with Crippen LogP contribution in [0.1, 0.15) is 0 Å². The van der Waals surface area contributed by atoms with Gasteiger partial charge in [-0.15, -0.1) is 0 Å². The molecule has 1 amide bonds. The maximum Gasteiger partial charge on any atom is 0.409 e. The van der Waals surface area contributed by atoms with Gasteiger partial charge in [-0.05, 0) is 6.04 Å². The van der Waals surface area contributed by atoms with Gasteiger partial charge in [-0.1, -0.05) is 19.6 Å². The molecule has 1 atom stereocenters. The van der Waals surface area contributed by atoms with Gasteiger partial charge in [-0.25, -0.2) is 4.79 Å². The second-order valence-electron chi connectivity index (χ2n) is 5.25. The second-order valence-corrected chi connectivity index (χ2v) is 10.9. The molecule has 0 aromatic carbocycles. The number of carbonyl (C=O) groups excluding carboxylic acids is 1. The van der Waals surface area contributed by atoms with Crippen LogP contribution < -0.4 is 5.73 Å². The molecule has 0 aliphatic heterocycles. The Morgan fingerprint density at radius 1 is 1.50 bits per heavy atom. The number of likely N-dealkylation sites (N-methyl/N-ethyl adjacent to an activating group) is 1. The summed E-state index contributed by atoms with van der Waals surface area (Å²) >= 11 is 0. The van der Waals surface area contributed by atoms with Crippen molar-refractivity contribution < 1.29 is 14.6 Å². The van der Waals surface area contributed by atoms with E-state index in [4.69, 9.17) is 15.6 Å². The van der Waals surface area contributed by atoms with Crippen molar-refractivity contribution in [3.63, 3.8) is 0 Å². The molecule has 5 nitrogen and oxygen atoms in total. The van der Waals surface area contributed by atoms with E-state index in [9.17, 15) is 4.79 Å². The van der Waals surface area contributed by atoms with Gasteiger partial charge in [0.1, 0.15) is 0 Å². The number of carbonyl (C=O) groups is 1. The third-order valence-electron chi connectivity index (χ3n) is 2.13. The van der Waals surface area contributed by atoms with Gasteiger partial charge in [0.2, 0.25) is 0 Å². The Labute approximate surface area is 98.6 Å². The molecule has 0 aliphatic carbocycles. The lowest BCUT2D eigenvalue weighted by Gasteiger charge is -2.21. The van der Waals surface area contributed by atoms with Crippen molar-refractivity contribution in [3.05, 3.63) is 0 Å². The maximum absolute atomic E-state index is 11.5. The van der Waals surface area contributed by atoms with E-state index in [1.807, 2.05) is 0 Å². The normalized spacial score (nSPS) is 13.4. The van der Waals surface area contributed by atoms with Crippen molar-refractivity contribution in [2.45, 2.75) is 31.7 Å². The Bertz CT molecular complexity index is 219. The standard InChI is InChI=1S/C10H24N2O3Si/c1-12(7-9(11)8-13)10(14)15-5-6-16(2,3)4/h9,13H,5-8,11H2,1-4H3. The lowest BCUT2D eigenvalue weighted by molar-refractivity contribution is 0.110. The van der Waals surface area contributed by atoms with Crippen molar-refractivity contribution in [2.24, 2.45) is 5.73 Å². The van der Waals surface area contributed by atoms with E-state index < -0.39 is 14.1 Å². The molecule has 6 heteroatoms. The molecular weight excluding hydrogens is 224 g/mol. The van der Waals surface area contributed by atoms with Crippen LogP contribution in [-0.2, 0) is 4.74 Å². The van der Waals surface area contributed by atoms with Crippen molar-refractivity contribution in [3.8, 4) is 0 Å². The molecule has 0 aromatic heterocycles. The molecule has 0 aromatic rings. The molecule has 0 bridgehead atoms. The molecule has 16 heavy (non-hydrogen) atoms. The van der Waals surface area contributed by atoms with Gasteiger partial charge in [0.15, 0.2) is 0 Å². The molecule has 0 saturated heterocycles. The van der Waals surface area contributed by atoms with E-state index in [1.54, 1.807) is 7.05 Å². The van der Waals surface area contributed by atoms with Crippen LogP contribution in [0.4, 0.5) is 4.79 Å². The minimum atomic E-state index is -1.16. The molecular formula is C10H24N2O3Si. The van der Waals surface area contributed by atoms with Gasteiger partial charge < -0.3 is 20.5 Å². The highest BCUT2D eigenvalue weighted by atomic mass is 28.3. The molecule has 1 unspecified atom stereocenters.